The number of aromatic nitrogens is 1. The summed E-state index contributed by atoms with van der Waals surface area (Å²) >= 11 is 0. The van der Waals surface area contributed by atoms with Gasteiger partial charge in [-0.05, 0) is 48.1 Å². The molecular formula is C21H22FNO2. The topological polar surface area (TPSA) is 53.1 Å². The molecule has 4 heteroatoms. The molecule has 0 aliphatic rings. The van der Waals surface area contributed by atoms with E-state index in [9.17, 15) is 14.3 Å². The molecule has 1 aromatic heterocycles. The molecule has 0 saturated carbocycles. The Hall–Kier alpha value is -2.62. The van der Waals surface area contributed by atoms with Crippen LogP contribution in [0.4, 0.5) is 4.39 Å². The second-order valence-electron chi connectivity index (χ2n) is 7.63. The summed E-state index contributed by atoms with van der Waals surface area (Å²) in [5, 5.41) is 9.96. The molecule has 2 aromatic carbocycles. The van der Waals surface area contributed by atoms with Crippen LogP contribution in [0.25, 0.3) is 22.2 Å². The fourth-order valence-corrected chi connectivity index (χ4v) is 3.39. The van der Waals surface area contributed by atoms with E-state index in [0.717, 1.165) is 22.8 Å². The van der Waals surface area contributed by atoms with E-state index in [1.54, 1.807) is 0 Å². The Morgan fingerprint density at radius 1 is 1.00 bits per heavy atom. The zero-order chi connectivity index (χ0) is 18.5. The third-order valence-corrected chi connectivity index (χ3v) is 4.54. The number of phenolic OH excluding ortho intramolecular Hbond substituents is 1. The number of rotatable bonds is 1. The van der Waals surface area contributed by atoms with E-state index in [2.05, 4.69) is 31.8 Å². The first-order chi connectivity index (χ1) is 11.6. The number of benzene rings is 2. The minimum atomic E-state index is -0.589. The van der Waals surface area contributed by atoms with Gasteiger partial charge < -0.3 is 10.1 Å². The van der Waals surface area contributed by atoms with Gasteiger partial charge in [0.15, 0.2) is 5.43 Å². The average Bonchev–Trinajstić information content (AvgIpc) is 2.46. The van der Waals surface area contributed by atoms with Crippen LogP contribution in [-0.2, 0) is 5.41 Å². The smallest absolute Gasteiger partial charge is 0.193 e. The third-order valence-electron chi connectivity index (χ3n) is 4.54. The molecule has 0 aliphatic carbocycles. The molecule has 0 radical (unpaired) electrons. The van der Waals surface area contributed by atoms with E-state index in [4.69, 9.17) is 0 Å². The van der Waals surface area contributed by atoms with Crippen LogP contribution in [0.5, 0.6) is 5.75 Å². The summed E-state index contributed by atoms with van der Waals surface area (Å²) < 4.78 is 13.6. The molecule has 0 aliphatic heterocycles. The Labute approximate surface area is 146 Å². The lowest BCUT2D eigenvalue weighted by atomic mass is 9.82. The normalized spacial score (nSPS) is 11.9. The van der Waals surface area contributed by atoms with Crippen LogP contribution in [0, 0.1) is 19.7 Å². The number of hydrogen-bond acceptors (Lipinski definition) is 2. The van der Waals surface area contributed by atoms with Crippen LogP contribution < -0.4 is 5.43 Å². The van der Waals surface area contributed by atoms with Crippen LogP contribution in [0.15, 0.2) is 35.1 Å². The van der Waals surface area contributed by atoms with Crippen molar-refractivity contribution < 1.29 is 9.50 Å². The lowest BCUT2D eigenvalue weighted by Crippen LogP contribution is -2.14. The molecule has 1 heterocycles. The molecule has 0 unspecified atom stereocenters. The minimum absolute atomic E-state index is 0.0269. The fraction of sp³-hybridized carbons (Fsp3) is 0.286. The highest BCUT2D eigenvalue weighted by Gasteiger charge is 2.19. The highest BCUT2D eigenvalue weighted by atomic mass is 19.1. The van der Waals surface area contributed by atoms with Gasteiger partial charge in [-0.25, -0.2) is 4.39 Å². The molecule has 3 rings (SSSR count). The molecule has 0 spiro atoms. The fourth-order valence-electron chi connectivity index (χ4n) is 3.39. The zero-order valence-corrected chi connectivity index (χ0v) is 15.1. The van der Waals surface area contributed by atoms with Crippen molar-refractivity contribution in [3.63, 3.8) is 0 Å². The maximum Gasteiger partial charge on any atom is 0.193 e. The first-order valence-corrected chi connectivity index (χ1v) is 8.25. The highest BCUT2D eigenvalue weighted by molar-refractivity contribution is 5.87. The number of aromatic amines is 1. The number of aryl methyl sites for hydroxylation is 2. The molecule has 2 N–H and O–H groups in total. The quantitative estimate of drug-likeness (QED) is 0.659. The standard InChI is InChI=1S/C21H22FNO2/c1-11-7-15(21(3,4)5)12(2)6-14(11)16-10-19(25)20-17(23-16)8-13(22)9-18(20)24/h6-10,24H,1-5H3,(H,23,25). The van der Waals surface area contributed by atoms with Crippen molar-refractivity contribution in [1.82, 2.24) is 4.98 Å². The Morgan fingerprint density at radius 2 is 1.68 bits per heavy atom. The molecule has 130 valence electrons. The molecule has 25 heavy (non-hydrogen) atoms. The molecule has 0 saturated heterocycles. The van der Waals surface area contributed by atoms with E-state index in [1.165, 1.54) is 17.7 Å². The van der Waals surface area contributed by atoms with Gasteiger partial charge in [0.2, 0.25) is 0 Å². The van der Waals surface area contributed by atoms with Gasteiger partial charge in [0.05, 0.1) is 10.9 Å². The van der Waals surface area contributed by atoms with Gasteiger partial charge in [-0.3, -0.25) is 4.79 Å². The van der Waals surface area contributed by atoms with Crippen LogP contribution in [-0.4, -0.2) is 10.1 Å². The zero-order valence-electron chi connectivity index (χ0n) is 15.1. The third kappa shape index (κ3) is 3.04. The number of phenols is 1. The second kappa shape index (κ2) is 5.73. The van der Waals surface area contributed by atoms with E-state index < -0.39 is 5.82 Å². The number of aromatic hydroxyl groups is 1. The van der Waals surface area contributed by atoms with Crippen molar-refractivity contribution >= 4 is 10.9 Å². The summed E-state index contributed by atoms with van der Waals surface area (Å²) in [5.74, 6) is -0.937. The maximum atomic E-state index is 13.6. The van der Waals surface area contributed by atoms with Gasteiger partial charge >= 0.3 is 0 Å². The Morgan fingerprint density at radius 3 is 2.32 bits per heavy atom. The molecule has 0 fully saturated rings. The number of H-pyrrole nitrogens is 1. The molecular weight excluding hydrogens is 317 g/mol. The van der Waals surface area contributed by atoms with Gasteiger partial charge in [0.1, 0.15) is 11.6 Å². The van der Waals surface area contributed by atoms with Gasteiger partial charge in [-0.1, -0.05) is 26.8 Å². The van der Waals surface area contributed by atoms with Crippen molar-refractivity contribution in [3.05, 3.63) is 63.1 Å². The van der Waals surface area contributed by atoms with Gasteiger partial charge in [0, 0.05) is 23.4 Å². The van der Waals surface area contributed by atoms with E-state index >= 15 is 0 Å². The number of fused-ring (bicyclic) bond motifs is 1. The van der Waals surface area contributed by atoms with Crippen LogP contribution >= 0.6 is 0 Å². The maximum absolute atomic E-state index is 13.6. The van der Waals surface area contributed by atoms with Crippen LogP contribution in [0.1, 0.15) is 37.5 Å². The largest absolute Gasteiger partial charge is 0.507 e. The van der Waals surface area contributed by atoms with Crippen molar-refractivity contribution in [3.8, 4) is 17.0 Å². The van der Waals surface area contributed by atoms with Crippen molar-refractivity contribution in [1.29, 1.82) is 0 Å². The van der Waals surface area contributed by atoms with E-state index in [-0.39, 0.29) is 27.5 Å². The number of halogens is 1. The Kier molecular flexibility index (Phi) is 3.94. The minimum Gasteiger partial charge on any atom is -0.507 e. The number of nitrogens with one attached hydrogen (secondary N) is 1. The average molecular weight is 339 g/mol. The predicted molar refractivity (Wildman–Crippen MR) is 99.8 cm³/mol. The van der Waals surface area contributed by atoms with Gasteiger partial charge in [0.25, 0.3) is 0 Å². The lowest BCUT2D eigenvalue weighted by molar-refractivity contribution is 0.475. The number of hydrogen-bond donors (Lipinski definition) is 2. The van der Waals surface area contributed by atoms with Crippen LogP contribution in [0.2, 0.25) is 0 Å². The SMILES string of the molecule is Cc1cc(C(C)(C)C)c(C)cc1-c1cc(=O)c2c(O)cc(F)cc2[nH]1. The van der Waals surface area contributed by atoms with Gasteiger partial charge in [-0.15, -0.1) is 0 Å². The second-order valence-corrected chi connectivity index (χ2v) is 7.63. The summed E-state index contributed by atoms with van der Waals surface area (Å²) in [4.78, 5) is 15.5. The highest BCUT2D eigenvalue weighted by Crippen LogP contribution is 2.32. The van der Waals surface area contributed by atoms with E-state index in [0.29, 0.717) is 5.69 Å². The number of pyridine rings is 1. The van der Waals surface area contributed by atoms with Crippen molar-refractivity contribution in [2.24, 2.45) is 0 Å². The summed E-state index contributed by atoms with van der Waals surface area (Å²) in [5.41, 5.74) is 4.91. The molecule has 0 amide bonds. The first kappa shape index (κ1) is 17.2. The summed E-state index contributed by atoms with van der Waals surface area (Å²) in [6.07, 6.45) is 0. The summed E-state index contributed by atoms with van der Waals surface area (Å²) in [6.45, 7) is 10.5. The van der Waals surface area contributed by atoms with Crippen molar-refractivity contribution in [2.75, 3.05) is 0 Å². The van der Waals surface area contributed by atoms with Gasteiger partial charge in [-0.2, -0.15) is 0 Å². The lowest BCUT2D eigenvalue weighted by Gasteiger charge is -2.23. The molecule has 0 atom stereocenters. The molecule has 3 nitrogen and oxygen atoms in total. The predicted octanol–water partition coefficient (Wildman–Crippen LogP) is 4.95. The molecule has 3 aromatic rings. The summed E-state index contributed by atoms with van der Waals surface area (Å²) in [6, 6.07) is 7.82. The Bertz CT molecular complexity index is 1040. The monoisotopic (exact) mass is 339 g/mol. The van der Waals surface area contributed by atoms with Crippen LogP contribution in [0.3, 0.4) is 0 Å². The first-order valence-electron chi connectivity index (χ1n) is 8.25. The summed E-state index contributed by atoms with van der Waals surface area (Å²) in [7, 11) is 0. The Balaban J connectivity index is 2.27. The molecule has 0 bridgehead atoms. The van der Waals surface area contributed by atoms with Crippen molar-refractivity contribution in [2.45, 2.75) is 40.0 Å². The van der Waals surface area contributed by atoms with E-state index in [1.807, 2.05) is 19.9 Å².